The van der Waals surface area contributed by atoms with Crippen molar-refractivity contribution < 1.29 is 8.42 Å². The van der Waals surface area contributed by atoms with Crippen molar-refractivity contribution in [1.29, 1.82) is 0 Å². The third-order valence-corrected chi connectivity index (χ3v) is 5.64. The zero-order valence-corrected chi connectivity index (χ0v) is 17.1. The van der Waals surface area contributed by atoms with E-state index in [0.29, 0.717) is 4.90 Å². The number of aromatic nitrogens is 2. The summed E-state index contributed by atoms with van der Waals surface area (Å²) >= 11 is 1.48. The molecule has 0 aliphatic rings. The minimum atomic E-state index is -3.13. The molecular weight excluding hydrogens is 366 g/mol. The second-order valence-electron chi connectivity index (χ2n) is 5.96. The van der Waals surface area contributed by atoms with E-state index in [4.69, 9.17) is 0 Å². The Morgan fingerprint density at radius 3 is 2.23 bits per heavy atom. The summed E-state index contributed by atoms with van der Waals surface area (Å²) in [5.41, 5.74) is 0. The van der Waals surface area contributed by atoms with E-state index in [9.17, 15) is 8.42 Å². The third-order valence-electron chi connectivity index (χ3n) is 3.76. The van der Waals surface area contributed by atoms with Gasteiger partial charge in [0, 0.05) is 36.3 Å². The van der Waals surface area contributed by atoms with Crippen LogP contribution in [0.15, 0.2) is 53.7 Å². The first-order chi connectivity index (χ1) is 12.5. The molecule has 1 aromatic heterocycles. The number of rotatable bonds is 6. The average Bonchev–Trinajstić information content (AvgIpc) is 3.15. The molecule has 0 aliphatic carbocycles. The molecule has 0 saturated carbocycles. The summed E-state index contributed by atoms with van der Waals surface area (Å²) in [4.78, 5) is 6.88. The lowest BCUT2D eigenvalue weighted by Crippen LogP contribution is -2.24. The molecule has 0 spiro atoms. The summed E-state index contributed by atoms with van der Waals surface area (Å²) in [6, 6.07) is 12.8. The Bertz CT molecular complexity index is 898. The maximum absolute atomic E-state index is 11.4. The highest BCUT2D eigenvalue weighted by Crippen LogP contribution is 2.22. The van der Waals surface area contributed by atoms with Gasteiger partial charge in [-0.05, 0) is 24.3 Å². The highest BCUT2D eigenvalue weighted by Gasteiger charge is 2.10. The maximum Gasteiger partial charge on any atom is 0.204 e. The SMILES string of the molecule is CCCN(CCC)c1ncns1.CS(=O)(=O)c1cccc2ccccc12. The first kappa shape index (κ1) is 20.3. The van der Waals surface area contributed by atoms with Crippen molar-refractivity contribution in [3.8, 4) is 0 Å². The Morgan fingerprint density at radius 2 is 1.65 bits per heavy atom. The van der Waals surface area contributed by atoms with Crippen LogP contribution in [0.2, 0.25) is 0 Å². The number of hydrogen-bond donors (Lipinski definition) is 0. The molecule has 0 aliphatic heterocycles. The minimum absolute atomic E-state index is 0.399. The Kier molecular flexibility index (Phi) is 7.53. The number of anilines is 1. The smallest absolute Gasteiger partial charge is 0.204 e. The highest BCUT2D eigenvalue weighted by molar-refractivity contribution is 7.91. The molecule has 0 radical (unpaired) electrons. The summed E-state index contributed by atoms with van der Waals surface area (Å²) in [6.07, 6.45) is 5.19. The van der Waals surface area contributed by atoms with Crippen molar-refractivity contribution in [3.63, 3.8) is 0 Å². The molecule has 3 rings (SSSR count). The molecule has 0 fully saturated rings. The van der Waals surface area contributed by atoms with Crippen LogP contribution in [-0.2, 0) is 9.84 Å². The molecule has 5 nitrogen and oxygen atoms in total. The van der Waals surface area contributed by atoms with Gasteiger partial charge in [-0.25, -0.2) is 13.4 Å². The van der Waals surface area contributed by atoms with Crippen LogP contribution in [0.25, 0.3) is 10.8 Å². The Hall–Kier alpha value is -1.99. The van der Waals surface area contributed by atoms with E-state index in [1.54, 1.807) is 18.5 Å². The number of sulfone groups is 1. The number of nitrogens with zero attached hydrogens (tertiary/aromatic N) is 3. The summed E-state index contributed by atoms with van der Waals surface area (Å²) in [5.74, 6) is 0. The number of benzene rings is 2. The van der Waals surface area contributed by atoms with Crippen LogP contribution >= 0.6 is 11.5 Å². The zero-order valence-electron chi connectivity index (χ0n) is 15.4. The van der Waals surface area contributed by atoms with Gasteiger partial charge in [-0.1, -0.05) is 50.2 Å². The van der Waals surface area contributed by atoms with E-state index in [2.05, 4.69) is 28.1 Å². The molecule has 7 heteroatoms. The second kappa shape index (κ2) is 9.64. The molecule has 0 N–H and O–H groups in total. The van der Waals surface area contributed by atoms with E-state index in [1.165, 1.54) is 30.6 Å². The van der Waals surface area contributed by atoms with Gasteiger partial charge in [-0.3, -0.25) is 0 Å². The van der Waals surface area contributed by atoms with Crippen molar-refractivity contribution in [2.75, 3.05) is 24.2 Å². The van der Waals surface area contributed by atoms with E-state index in [1.807, 2.05) is 30.3 Å². The van der Waals surface area contributed by atoms with Gasteiger partial charge in [0.15, 0.2) is 9.84 Å². The van der Waals surface area contributed by atoms with Gasteiger partial charge in [0.05, 0.1) is 4.90 Å². The predicted octanol–water partition coefficient (Wildman–Crippen LogP) is 4.41. The molecule has 26 heavy (non-hydrogen) atoms. The van der Waals surface area contributed by atoms with E-state index < -0.39 is 9.84 Å². The standard InChI is InChI=1S/C11H10O2S.C8H15N3S/c1-14(12,13)11-8-4-6-9-5-2-3-7-10(9)11;1-3-5-11(6-4-2)8-9-7-10-12-8/h2-8H,1H3;7H,3-6H2,1-2H3. The first-order valence-corrected chi connectivity index (χ1v) is 11.3. The molecule has 3 aromatic rings. The summed E-state index contributed by atoms with van der Waals surface area (Å²) in [6.45, 7) is 6.54. The Labute approximate surface area is 159 Å². The molecule has 140 valence electrons. The van der Waals surface area contributed by atoms with Crippen molar-refractivity contribution in [2.45, 2.75) is 31.6 Å². The van der Waals surface area contributed by atoms with Crippen molar-refractivity contribution in [3.05, 3.63) is 48.8 Å². The summed E-state index contributed by atoms with van der Waals surface area (Å²) < 4.78 is 26.9. The fourth-order valence-electron chi connectivity index (χ4n) is 2.67. The molecule has 0 bridgehead atoms. The second-order valence-corrected chi connectivity index (χ2v) is 8.70. The van der Waals surface area contributed by atoms with Gasteiger partial charge in [0.2, 0.25) is 5.13 Å². The molecule has 0 unspecified atom stereocenters. The van der Waals surface area contributed by atoms with Crippen LogP contribution in [-0.4, -0.2) is 37.1 Å². The fraction of sp³-hybridized carbons (Fsp3) is 0.368. The Balaban J connectivity index is 0.000000190. The van der Waals surface area contributed by atoms with Crippen LogP contribution in [0.3, 0.4) is 0 Å². The largest absolute Gasteiger partial charge is 0.347 e. The molecule has 1 heterocycles. The molecule has 0 atom stereocenters. The van der Waals surface area contributed by atoms with Gasteiger partial charge >= 0.3 is 0 Å². The van der Waals surface area contributed by atoms with Gasteiger partial charge in [0.1, 0.15) is 6.33 Å². The van der Waals surface area contributed by atoms with Gasteiger partial charge in [0.25, 0.3) is 0 Å². The minimum Gasteiger partial charge on any atom is -0.347 e. The van der Waals surface area contributed by atoms with Crippen LogP contribution in [0.4, 0.5) is 5.13 Å². The van der Waals surface area contributed by atoms with Crippen molar-refractivity contribution >= 4 is 37.3 Å². The van der Waals surface area contributed by atoms with Crippen molar-refractivity contribution in [1.82, 2.24) is 9.36 Å². The number of hydrogen-bond acceptors (Lipinski definition) is 6. The molecule has 2 aromatic carbocycles. The predicted molar refractivity (Wildman–Crippen MR) is 110 cm³/mol. The lowest BCUT2D eigenvalue weighted by molar-refractivity contribution is 0.602. The van der Waals surface area contributed by atoms with E-state index >= 15 is 0 Å². The van der Waals surface area contributed by atoms with Crippen LogP contribution < -0.4 is 4.90 Å². The van der Waals surface area contributed by atoms with Crippen LogP contribution in [0.1, 0.15) is 26.7 Å². The average molecular weight is 392 g/mol. The van der Waals surface area contributed by atoms with Crippen LogP contribution in [0.5, 0.6) is 0 Å². The monoisotopic (exact) mass is 391 g/mol. The highest BCUT2D eigenvalue weighted by atomic mass is 32.2. The van der Waals surface area contributed by atoms with E-state index in [-0.39, 0.29) is 0 Å². The molecule has 0 saturated heterocycles. The van der Waals surface area contributed by atoms with Gasteiger partial charge in [-0.15, -0.1) is 0 Å². The van der Waals surface area contributed by atoms with Gasteiger partial charge in [-0.2, -0.15) is 4.37 Å². The lowest BCUT2D eigenvalue weighted by atomic mass is 10.1. The topological polar surface area (TPSA) is 63.2 Å². The number of fused-ring (bicyclic) bond motifs is 1. The summed E-state index contributed by atoms with van der Waals surface area (Å²) in [7, 11) is -3.13. The van der Waals surface area contributed by atoms with Crippen molar-refractivity contribution in [2.24, 2.45) is 0 Å². The van der Waals surface area contributed by atoms with E-state index in [0.717, 1.165) is 29.0 Å². The molecular formula is C19H25N3O2S2. The lowest BCUT2D eigenvalue weighted by Gasteiger charge is -2.19. The normalized spacial score (nSPS) is 11.0. The Morgan fingerprint density at radius 1 is 1.00 bits per heavy atom. The van der Waals surface area contributed by atoms with Crippen LogP contribution in [0, 0.1) is 0 Å². The first-order valence-electron chi connectivity index (χ1n) is 8.66. The summed E-state index contributed by atoms with van der Waals surface area (Å²) in [5, 5.41) is 2.80. The third kappa shape index (κ3) is 5.51. The zero-order chi connectivity index (χ0) is 19.0. The quantitative estimate of drug-likeness (QED) is 0.623. The maximum atomic E-state index is 11.4. The fourth-order valence-corrected chi connectivity index (χ4v) is 4.16. The molecule has 0 amide bonds. The van der Waals surface area contributed by atoms with Gasteiger partial charge < -0.3 is 4.90 Å².